The molecular weight excluding hydrogens is 195 g/mol. The molecule has 0 amide bonds. The molecule has 1 N–H and O–H groups in total. The molecule has 1 aromatic carbocycles. The van der Waals surface area contributed by atoms with Crippen molar-refractivity contribution in [2.75, 3.05) is 6.61 Å². The zero-order valence-corrected chi connectivity index (χ0v) is 7.94. The van der Waals surface area contributed by atoms with Crippen LogP contribution in [0.3, 0.4) is 0 Å². The summed E-state index contributed by atoms with van der Waals surface area (Å²) in [6.07, 6.45) is 0. The molecule has 72 valence electrons. The molecule has 0 unspecified atom stereocenters. The number of aliphatic hydroxyl groups is 1. The SMILES string of the molecule is CCOc1ccc(Cl)c(CO)c1F. The van der Waals surface area contributed by atoms with E-state index in [0.717, 1.165) is 0 Å². The Labute approximate surface area is 80.9 Å². The summed E-state index contributed by atoms with van der Waals surface area (Å²) in [6.45, 7) is 1.71. The molecule has 0 saturated heterocycles. The molecule has 0 aliphatic rings. The summed E-state index contributed by atoms with van der Waals surface area (Å²) in [6, 6.07) is 2.95. The van der Waals surface area contributed by atoms with Crippen molar-refractivity contribution < 1.29 is 14.2 Å². The van der Waals surface area contributed by atoms with Gasteiger partial charge >= 0.3 is 0 Å². The fourth-order valence-corrected chi connectivity index (χ4v) is 1.19. The lowest BCUT2D eigenvalue weighted by Gasteiger charge is -2.08. The number of benzene rings is 1. The van der Waals surface area contributed by atoms with Crippen LogP contribution in [0.1, 0.15) is 12.5 Å². The number of hydrogen-bond donors (Lipinski definition) is 1. The number of halogens is 2. The van der Waals surface area contributed by atoms with E-state index in [1.54, 1.807) is 6.92 Å². The van der Waals surface area contributed by atoms with Gasteiger partial charge in [-0.3, -0.25) is 0 Å². The van der Waals surface area contributed by atoms with Gasteiger partial charge in [-0.25, -0.2) is 4.39 Å². The second-order valence-electron chi connectivity index (χ2n) is 2.43. The van der Waals surface area contributed by atoms with Crippen LogP contribution in [-0.2, 0) is 6.61 Å². The van der Waals surface area contributed by atoms with Crippen LogP contribution in [-0.4, -0.2) is 11.7 Å². The second-order valence-corrected chi connectivity index (χ2v) is 2.84. The van der Waals surface area contributed by atoms with Gasteiger partial charge in [-0.15, -0.1) is 0 Å². The molecule has 0 fully saturated rings. The number of hydrogen-bond acceptors (Lipinski definition) is 2. The molecule has 0 aliphatic heterocycles. The highest BCUT2D eigenvalue weighted by molar-refractivity contribution is 6.31. The zero-order valence-electron chi connectivity index (χ0n) is 7.18. The van der Waals surface area contributed by atoms with Gasteiger partial charge in [0.05, 0.1) is 13.2 Å². The van der Waals surface area contributed by atoms with Gasteiger partial charge in [-0.05, 0) is 19.1 Å². The van der Waals surface area contributed by atoms with Crippen molar-refractivity contribution in [3.8, 4) is 5.75 Å². The largest absolute Gasteiger partial charge is 0.491 e. The third-order valence-electron chi connectivity index (χ3n) is 1.61. The molecule has 1 aromatic rings. The van der Waals surface area contributed by atoms with Crippen molar-refractivity contribution in [1.82, 2.24) is 0 Å². The quantitative estimate of drug-likeness (QED) is 0.819. The summed E-state index contributed by atoms with van der Waals surface area (Å²) < 4.78 is 18.3. The van der Waals surface area contributed by atoms with E-state index in [0.29, 0.717) is 6.61 Å². The zero-order chi connectivity index (χ0) is 9.84. The maximum absolute atomic E-state index is 13.4. The van der Waals surface area contributed by atoms with Crippen molar-refractivity contribution in [1.29, 1.82) is 0 Å². The third-order valence-corrected chi connectivity index (χ3v) is 1.96. The molecule has 0 bridgehead atoms. The molecule has 0 aromatic heterocycles. The molecular formula is C9H10ClFO2. The van der Waals surface area contributed by atoms with Gasteiger partial charge in [0.15, 0.2) is 11.6 Å². The monoisotopic (exact) mass is 204 g/mol. The second kappa shape index (κ2) is 4.44. The Balaban J connectivity index is 3.11. The maximum Gasteiger partial charge on any atom is 0.172 e. The molecule has 0 spiro atoms. The van der Waals surface area contributed by atoms with Gasteiger partial charge in [0, 0.05) is 10.6 Å². The fourth-order valence-electron chi connectivity index (χ4n) is 0.988. The van der Waals surface area contributed by atoms with Crippen molar-refractivity contribution in [2.45, 2.75) is 13.5 Å². The van der Waals surface area contributed by atoms with Gasteiger partial charge in [0.1, 0.15) is 0 Å². The number of aliphatic hydroxyl groups excluding tert-OH is 1. The summed E-state index contributed by atoms with van der Waals surface area (Å²) in [5, 5.41) is 9.02. The van der Waals surface area contributed by atoms with Crippen LogP contribution in [0.2, 0.25) is 5.02 Å². The Morgan fingerprint density at radius 3 is 2.77 bits per heavy atom. The Bertz CT molecular complexity index is 302. The first-order chi connectivity index (χ1) is 6.20. The Kier molecular flexibility index (Phi) is 3.51. The minimum absolute atomic E-state index is 0.0765. The van der Waals surface area contributed by atoms with Crippen molar-refractivity contribution in [3.05, 3.63) is 28.5 Å². The van der Waals surface area contributed by atoms with E-state index in [9.17, 15) is 4.39 Å². The summed E-state index contributed by atoms with van der Waals surface area (Å²) in [4.78, 5) is 0. The molecule has 0 atom stereocenters. The molecule has 2 nitrogen and oxygen atoms in total. The predicted molar refractivity (Wildman–Crippen MR) is 48.5 cm³/mol. The van der Waals surface area contributed by atoms with E-state index >= 15 is 0 Å². The van der Waals surface area contributed by atoms with Crippen molar-refractivity contribution in [3.63, 3.8) is 0 Å². The number of rotatable bonds is 3. The molecule has 0 aliphatic carbocycles. The highest BCUT2D eigenvalue weighted by Crippen LogP contribution is 2.27. The lowest BCUT2D eigenvalue weighted by atomic mass is 10.2. The van der Waals surface area contributed by atoms with Crippen molar-refractivity contribution >= 4 is 11.6 Å². The smallest absolute Gasteiger partial charge is 0.172 e. The highest BCUT2D eigenvalue weighted by Gasteiger charge is 2.11. The molecule has 13 heavy (non-hydrogen) atoms. The third kappa shape index (κ3) is 2.11. The number of ether oxygens (including phenoxy) is 1. The average Bonchev–Trinajstić information content (AvgIpc) is 2.11. The maximum atomic E-state index is 13.4. The van der Waals surface area contributed by atoms with Crippen LogP contribution in [0.4, 0.5) is 4.39 Å². The van der Waals surface area contributed by atoms with Gasteiger partial charge < -0.3 is 9.84 Å². The van der Waals surface area contributed by atoms with Gasteiger partial charge in [-0.1, -0.05) is 11.6 Å². The Morgan fingerprint density at radius 2 is 2.23 bits per heavy atom. The van der Waals surface area contributed by atoms with Crippen LogP contribution in [0.5, 0.6) is 5.75 Å². The van der Waals surface area contributed by atoms with Crippen LogP contribution in [0.15, 0.2) is 12.1 Å². The van der Waals surface area contributed by atoms with E-state index in [-0.39, 0.29) is 16.3 Å². The van der Waals surface area contributed by atoms with Gasteiger partial charge in [-0.2, -0.15) is 0 Å². The molecule has 4 heteroatoms. The van der Waals surface area contributed by atoms with E-state index in [2.05, 4.69) is 0 Å². The fraction of sp³-hybridized carbons (Fsp3) is 0.333. The summed E-state index contributed by atoms with van der Waals surface area (Å²) in [5.41, 5.74) is 0.0765. The van der Waals surface area contributed by atoms with Gasteiger partial charge in [0.25, 0.3) is 0 Å². The van der Waals surface area contributed by atoms with Crippen LogP contribution in [0, 0.1) is 5.82 Å². The lowest BCUT2D eigenvalue weighted by Crippen LogP contribution is -1.99. The van der Waals surface area contributed by atoms with E-state index in [1.165, 1.54) is 12.1 Å². The molecule has 0 saturated carbocycles. The standard InChI is InChI=1S/C9H10ClFO2/c1-2-13-8-4-3-7(10)6(5-12)9(8)11/h3-4,12H,2,5H2,1H3. The summed E-state index contributed by atoms with van der Waals surface area (Å²) in [7, 11) is 0. The summed E-state index contributed by atoms with van der Waals surface area (Å²) in [5.74, 6) is -0.465. The van der Waals surface area contributed by atoms with Crippen molar-refractivity contribution in [2.24, 2.45) is 0 Å². The summed E-state index contributed by atoms with van der Waals surface area (Å²) >= 11 is 5.65. The normalized spacial score (nSPS) is 10.2. The van der Waals surface area contributed by atoms with Crippen LogP contribution in [0.25, 0.3) is 0 Å². The highest BCUT2D eigenvalue weighted by atomic mass is 35.5. The topological polar surface area (TPSA) is 29.5 Å². The Hall–Kier alpha value is -0.800. The minimum atomic E-state index is -0.586. The van der Waals surface area contributed by atoms with Gasteiger partial charge in [0.2, 0.25) is 0 Å². The van der Waals surface area contributed by atoms with E-state index < -0.39 is 12.4 Å². The van der Waals surface area contributed by atoms with Crippen LogP contribution < -0.4 is 4.74 Å². The molecule has 1 rings (SSSR count). The van der Waals surface area contributed by atoms with E-state index in [1.807, 2.05) is 0 Å². The first-order valence-corrected chi connectivity index (χ1v) is 4.29. The molecule has 0 radical (unpaired) electrons. The predicted octanol–water partition coefficient (Wildman–Crippen LogP) is 2.37. The van der Waals surface area contributed by atoms with E-state index in [4.69, 9.17) is 21.4 Å². The Morgan fingerprint density at radius 1 is 1.54 bits per heavy atom. The first kappa shape index (κ1) is 10.3. The average molecular weight is 205 g/mol. The minimum Gasteiger partial charge on any atom is -0.491 e. The lowest BCUT2D eigenvalue weighted by molar-refractivity contribution is 0.269. The molecule has 0 heterocycles. The van der Waals surface area contributed by atoms with Crippen LogP contribution >= 0.6 is 11.6 Å². The first-order valence-electron chi connectivity index (χ1n) is 3.91.